The van der Waals surface area contributed by atoms with Gasteiger partial charge in [0.05, 0.1) is 0 Å². The molecular weight excluding hydrogens is 399 g/mol. The van der Waals surface area contributed by atoms with Gasteiger partial charge >= 0.3 is 0 Å². The molecule has 0 radical (unpaired) electrons. The fraction of sp³-hybridized carbons (Fsp3) is 0.321. The average molecular weight is 431 g/mol. The lowest BCUT2D eigenvalue weighted by molar-refractivity contribution is -0.126. The van der Waals surface area contributed by atoms with E-state index in [4.69, 9.17) is 0 Å². The number of hydrogen-bond acceptors (Lipinski definition) is 2. The minimum absolute atomic E-state index is 0.0282. The van der Waals surface area contributed by atoms with Crippen molar-refractivity contribution >= 4 is 5.91 Å². The number of piperidine rings is 1. The van der Waals surface area contributed by atoms with Crippen LogP contribution in [0.2, 0.25) is 0 Å². The summed E-state index contributed by atoms with van der Waals surface area (Å²) in [5.74, 6) is -0.121. The Morgan fingerprint density at radius 1 is 0.938 bits per heavy atom. The highest BCUT2D eigenvalue weighted by atomic mass is 19.1. The predicted octanol–water partition coefficient (Wildman–Crippen LogP) is 5.64. The van der Waals surface area contributed by atoms with Gasteiger partial charge in [0, 0.05) is 19.0 Å². The second-order valence-electron chi connectivity index (χ2n) is 8.92. The molecule has 0 unspecified atom stereocenters. The molecule has 0 spiro atoms. The molecule has 0 aliphatic carbocycles. The molecule has 1 N–H and O–H groups in total. The number of rotatable bonds is 6. The number of nitrogens with one attached hydrogen (secondary N) is 1. The number of benzene rings is 3. The number of amides is 1. The Hall–Kier alpha value is -2.98. The lowest BCUT2D eigenvalue weighted by Crippen LogP contribution is -2.40. The van der Waals surface area contributed by atoms with Gasteiger partial charge < -0.3 is 5.32 Å². The summed E-state index contributed by atoms with van der Waals surface area (Å²) in [5.41, 5.74) is 6.46. The van der Waals surface area contributed by atoms with Crippen LogP contribution in [0.5, 0.6) is 0 Å². The standard InChI is InChI=1S/C28H31FN2O/c1-20-6-10-24(11-7-20)26-5-3-4-23(16-26)19-31-14-12-25(13-15-31)28(32)30-18-22-9-8-21(2)27(29)17-22/h3-11,16-17,25H,12-15,18-19H2,1-2H3,(H,30,32). The summed E-state index contributed by atoms with van der Waals surface area (Å²) >= 11 is 0. The van der Waals surface area contributed by atoms with Crippen LogP contribution < -0.4 is 5.32 Å². The molecule has 1 fully saturated rings. The van der Waals surface area contributed by atoms with Gasteiger partial charge in [-0.3, -0.25) is 9.69 Å². The normalized spacial score (nSPS) is 15.0. The van der Waals surface area contributed by atoms with Crippen molar-refractivity contribution in [1.82, 2.24) is 10.2 Å². The van der Waals surface area contributed by atoms with Crippen molar-refractivity contribution in [2.45, 2.75) is 39.8 Å². The predicted molar refractivity (Wildman–Crippen MR) is 128 cm³/mol. The average Bonchev–Trinajstić information content (AvgIpc) is 2.81. The van der Waals surface area contributed by atoms with Gasteiger partial charge in [-0.2, -0.15) is 0 Å². The zero-order chi connectivity index (χ0) is 22.5. The second-order valence-corrected chi connectivity index (χ2v) is 8.92. The van der Waals surface area contributed by atoms with E-state index >= 15 is 0 Å². The van der Waals surface area contributed by atoms with Crippen LogP contribution in [0.1, 0.15) is 35.1 Å². The highest BCUT2D eigenvalue weighted by Gasteiger charge is 2.24. The fourth-order valence-corrected chi connectivity index (χ4v) is 4.29. The van der Waals surface area contributed by atoms with Gasteiger partial charge in [0.1, 0.15) is 5.82 Å². The number of carbonyl (C=O) groups excluding carboxylic acids is 1. The Morgan fingerprint density at radius 2 is 1.69 bits per heavy atom. The molecule has 3 aromatic carbocycles. The maximum atomic E-state index is 13.7. The minimum Gasteiger partial charge on any atom is -0.352 e. The van der Waals surface area contributed by atoms with E-state index in [-0.39, 0.29) is 17.6 Å². The summed E-state index contributed by atoms with van der Waals surface area (Å²) in [5, 5.41) is 2.99. The smallest absolute Gasteiger partial charge is 0.223 e. The van der Waals surface area contributed by atoms with E-state index in [1.807, 2.05) is 6.07 Å². The maximum Gasteiger partial charge on any atom is 0.223 e. The van der Waals surface area contributed by atoms with Crippen LogP contribution >= 0.6 is 0 Å². The zero-order valence-electron chi connectivity index (χ0n) is 18.9. The molecule has 3 aromatic rings. The van der Waals surface area contributed by atoms with Crippen molar-refractivity contribution in [3.63, 3.8) is 0 Å². The number of halogens is 1. The van der Waals surface area contributed by atoms with Crippen molar-refractivity contribution in [3.05, 3.63) is 94.8 Å². The topological polar surface area (TPSA) is 32.3 Å². The van der Waals surface area contributed by atoms with E-state index in [9.17, 15) is 9.18 Å². The van der Waals surface area contributed by atoms with E-state index in [1.165, 1.54) is 28.3 Å². The summed E-state index contributed by atoms with van der Waals surface area (Å²) in [6, 6.07) is 22.5. The summed E-state index contributed by atoms with van der Waals surface area (Å²) in [6.45, 7) is 6.94. The Labute approximate surface area is 190 Å². The SMILES string of the molecule is Cc1ccc(-c2cccc(CN3CCC(C(=O)NCc4ccc(C)c(F)c4)CC3)c2)cc1. The molecule has 1 aliphatic heterocycles. The van der Waals surface area contributed by atoms with Gasteiger partial charge in [0.2, 0.25) is 5.91 Å². The molecular formula is C28H31FN2O. The lowest BCUT2D eigenvalue weighted by Gasteiger charge is -2.31. The first-order valence-electron chi connectivity index (χ1n) is 11.4. The lowest BCUT2D eigenvalue weighted by atomic mass is 9.95. The molecule has 4 heteroatoms. The quantitative estimate of drug-likeness (QED) is 0.549. The van der Waals surface area contributed by atoms with Crippen LogP contribution in [-0.4, -0.2) is 23.9 Å². The van der Waals surface area contributed by atoms with Crippen LogP contribution in [0.4, 0.5) is 4.39 Å². The van der Waals surface area contributed by atoms with Crippen LogP contribution in [0.15, 0.2) is 66.7 Å². The van der Waals surface area contributed by atoms with Gasteiger partial charge in [0.15, 0.2) is 0 Å². The van der Waals surface area contributed by atoms with Gasteiger partial charge in [-0.15, -0.1) is 0 Å². The van der Waals surface area contributed by atoms with E-state index in [0.717, 1.165) is 38.0 Å². The number of nitrogens with zero attached hydrogens (tertiary/aromatic N) is 1. The first-order chi connectivity index (χ1) is 15.5. The van der Waals surface area contributed by atoms with E-state index in [1.54, 1.807) is 13.0 Å². The molecule has 166 valence electrons. The summed E-state index contributed by atoms with van der Waals surface area (Å²) in [4.78, 5) is 15.0. The Morgan fingerprint density at radius 3 is 2.41 bits per heavy atom. The molecule has 0 saturated carbocycles. The third-order valence-electron chi connectivity index (χ3n) is 6.38. The van der Waals surface area contributed by atoms with Gasteiger partial charge in [0.25, 0.3) is 0 Å². The zero-order valence-corrected chi connectivity index (χ0v) is 18.9. The molecule has 32 heavy (non-hydrogen) atoms. The van der Waals surface area contributed by atoms with Crippen LogP contribution in [0, 0.1) is 25.6 Å². The van der Waals surface area contributed by atoms with Crippen molar-refractivity contribution in [3.8, 4) is 11.1 Å². The van der Waals surface area contributed by atoms with Gasteiger partial charge in [-0.25, -0.2) is 4.39 Å². The Balaban J connectivity index is 1.27. The molecule has 1 heterocycles. The van der Waals surface area contributed by atoms with E-state index in [2.05, 4.69) is 65.7 Å². The molecule has 0 aromatic heterocycles. The number of likely N-dealkylation sites (tertiary alicyclic amines) is 1. The highest BCUT2D eigenvalue weighted by molar-refractivity contribution is 5.78. The number of hydrogen-bond donors (Lipinski definition) is 1. The Kier molecular flexibility index (Phi) is 7.01. The fourth-order valence-electron chi connectivity index (χ4n) is 4.29. The molecule has 0 bridgehead atoms. The third kappa shape index (κ3) is 5.63. The summed E-state index contributed by atoms with van der Waals surface area (Å²) in [7, 11) is 0. The summed E-state index contributed by atoms with van der Waals surface area (Å²) in [6.07, 6.45) is 1.71. The van der Waals surface area contributed by atoms with Crippen LogP contribution in [0.3, 0.4) is 0 Å². The van der Waals surface area contributed by atoms with Crippen molar-refractivity contribution in [2.24, 2.45) is 5.92 Å². The monoisotopic (exact) mass is 430 g/mol. The van der Waals surface area contributed by atoms with E-state index in [0.29, 0.717) is 12.1 Å². The maximum absolute atomic E-state index is 13.7. The second kappa shape index (κ2) is 10.1. The van der Waals surface area contributed by atoms with Crippen LogP contribution in [0.25, 0.3) is 11.1 Å². The largest absolute Gasteiger partial charge is 0.352 e. The van der Waals surface area contributed by atoms with E-state index < -0.39 is 0 Å². The Bertz CT molecular complexity index is 1070. The van der Waals surface area contributed by atoms with Gasteiger partial charge in [-0.1, -0.05) is 60.2 Å². The van der Waals surface area contributed by atoms with Crippen molar-refractivity contribution in [2.75, 3.05) is 13.1 Å². The molecule has 1 aliphatic rings. The van der Waals surface area contributed by atoms with Crippen LogP contribution in [-0.2, 0) is 17.9 Å². The molecule has 4 rings (SSSR count). The molecule has 1 saturated heterocycles. The number of carbonyl (C=O) groups is 1. The number of aryl methyl sites for hydroxylation is 2. The highest BCUT2D eigenvalue weighted by Crippen LogP contribution is 2.24. The molecule has 0 atom stereocenters. The minimum atomic E-state index is -0.225. The summed E-state index contributed by atoms with van der Waals surface area (Å²) < 4.78 is 13.7. The first-order valence-corrected chi connectivity index (χ1v) is 11.4. The van der Waals surface area contributed by atoms with Crippen molar-refractivity contribution < 1.29 is 9.18 Å². The van der Waals surface area contributed by atoms with Crippen molar-refractivity contribution in [1.29, 1.82) is 0 Å². The molecule has 3 nitrogen and oxygen atoms in total. The molecule has 1 amide bonds. The third-order valence-corrected chi connectivity index (χ3v) is 6.38. The van der Waals surface area contributed by atoms with Gasteiger partial charge in [-0.05, 0) is 79.7 Å². The first kappa shape index (κ1) is 22.2.